The molecule has 5 nitrogen and oxygen atoms in total. The molecule has 0 N–H and O–H groups in total. The number of aryl methyl sites for hydroxylation is 2. The van der Waals surface area contributed by atoms with Crippen LogP contribution < -0.4 is 0 Å². The predicted octanol–water partition coefficient (Wildman–Crippen LogP) is 3.38. The van der Waals surface area contributed by atoms with E-state index in [1.165, 1.54) is 5.56 Å². The summed E-state index contributed by atoms with van der Waals surface area (Å²) in [7, 11) is 2.09. The quantitative estimate of drug-likeness (QED) is 0.756. The number of amides is 1. The van der Waals surface area contributed by atoms with Gasteiger partial charge >= 0.3 is 0 Å². The Morgan fingerprint density at radius 1 is 1.15 bits per heavy atom. The zero-order valence-corrected chi connectivity index (χ0v) is 17.0. The number of aromatic nitrogens is 2. The lowest BCUT2D eigenvalue weighted by atomic mass is 10.1. The molecular formula is C21H27ClN4O. The van der Waals surface area contributed by atoms with Gasteiger partial charge < -0.3 is 9.80 Å². The number of hydrogen-bond donors (Lipinski definition) is 0. The van der Waals surface area contributed by atoms with Crippen LogP contribution in [0.2, 0.25) is 5.15 Å². The molecule has 2 aromatic rings. The summed E-state index contributed by atoms with van der Waals surface area (Å²) in [6.07, 6.45) is 4.43. The lowest BCUT2D eigenvalue weighted by molar-refractivity contribution is -0.125. The third-order valence-electron chi connectivity index (χ3n) is 4.99. The average molecular weight is 387 g/mol. The van der Waals surface area contributed by atoms with E-state index in [0.29, 0.717) is 11.7 Å². The van der Waals surface area contributed by atoms with Crippen LogP contribution in [0.3, 0.4) is 0 Å². The molecule has 2 heterocycles. The number of hydrogen-bond acceptors (Lipinski definition) is 3. The molecule has 1 saturated heterocycles. The molecule has 0 saturated carbocycles. The van der Waals surface area contributed by atoms with Crippen molar-refractivity contribution in [1.82, 2.24) is 19.6 Å². The van der Waals surface area contributed by atoms with Crippen molar-refractivity contribution in [2.45, 2.75) is 26.8 Å². The smallest absolute Gasteiger partial charge is 0.246 e. The summed E-state index contributed by atoms with van der Waals surface area (Å²) in [4.78, 5) is 16.7. The van der Waals surface area contributed by atoms with Gasteiger partial charge in [0.05, 0.1) is 12.2 Å². The summed E-state index contributed by atoms with van der Waals surface area (Å²) in [6, 6.07) is 8.32. The fraction of sp³-hybridized carbons (Fsp3) is 0.429. The first-order chi connectivity index (χ1) is 12.9. The van der Waals surface area contributed by atoms with Crippen molar-refractivity contribution in [2.24, 2.45) is 0 Å². The highest BCUT2D eigenvalue weighted by Crippen LogP contribution is 2.22. The average Bonchev–Trinajstić information content (AvgIpc) is 2.79. The van der Waals surface area contributed by atoms with Crippen LogP contribution in [0.1, 0.15) is 28.8 Å². The molecule has 0 spiro atoms. The van der Waals surface area contributed by atoms with Gasteiger partial charge in [-0.05, 0) is 45.5 Å². The molecule has 1 amide bonds. The molecular weight excluding hydrogens is 360 g/mol. The molecule has 0 bridgehead atoms. The minimum atomic E-state index is 0.0343. The Bertz CT molecular complexity index is 825. The van der Waals surface area contributed by atoms with Gasteiger partial charge in [0, 0.05) is 31.3 Å². The summed E-state index contributed by atoms with van der Waals surface area (Å²) in [5.41, 5.74) is 4.00. The summed E-state index contributed by atoms with van der Waals surface area (Å²) in [6.45, 7) is 8.10. The zero-order chi connectivity index (χ0) is 19.4. The highest BCUT2D eigenvalue weighted by Gasteiger charge is 2.16. The van der Waals surface area contributed by atoms with Crippen molar-refractivity contribution in [3.63, 3.8) is 0 Å². The van der Waals surface area contributed by atoms with Crippen LogP contribution in [-0.4, -0.2) is 58.7 Å². The van der Waals surface area contributed by atoms with Gasteiger partial charge in [-0.3, -0.25) is 4.79 Å². The van der Waals surface area contributed by atoms with Crippen LogP contribution in [0.5, 0.6) is 0 Å². The Balaban J connectivity index is 1.71. The van der Waals surface area contributed by atoms with Crippen LogP contribution in [0.15, 0.2) is 30.3 Å². The van der Waals surface area contributed by atoms with Gasteiger partial charge in [-0.1, -0.05) is 41.4 Å². The van der Waals surface area contributed by atoms with Gasteiger partial charge in [-0.15, -0.1) is 0 Å². The van der Waals surface area contributed by atoms with E-state index in [1.54, 1.807) is 16.8 Å². The molecule has 0 atom stereocenters. The third-order valence-corrected chi connectivity index (χ3v) is 5.38. The maximum Gasteiger partial charge on any atom is 0.246 e. The van der Waals surface area contributed by atoms with Gasteiger partial charge in [0.15, 0.2) is 0 Å². The molecule has 1 aromatic heterocycles. The maximum atomic E-state index is 12.5. The number of rotatable bonds is 4. The van der Waals surface area contributed by atoms with Gasteiger partial charge in [0.2, 0.25) is 5.91 Å². The molecule has 3 rings (SSSR count). The normalized spacial score (nSPS) is 16.1. The SMILES string of the molecule is Cc1ccc(Cn2nc(C)c(/C=C/C(=O)N3CCCN(C)CC3)c2Cl)cc1. The molecule has 0 aliphatic carbocycles. The third kappa shape index (κ3) is 4.99. The Labute approximate surface area is 166 Å². The van der Waals surface area contributed by atoms with Gasteiger partial charge in [0.1, 0.15) is 5.15 Å². The maximum absolute atomic E-state index is 12.5. The molecule has 1 aliphatic rings. The Morgan fingerprint density at radius 2 is 1.89 bits per heavy atom. The van der Waals surface area contributed by atoms with Gasteiger partial charge in [-0.25, -0.2) is 4.68 Å². The standard InChI is InChI=1S/C21H27ClN4O/c1-16-5-7-18(8-6-16)15-26-21(22)19(17(2)23-26)9-10-20(27)25-12-4-11-24(3)13-14-25/h5-10H,4,11-15H2,1-3H3/b10-9+. The Kier molecular flexibility index (Phi) is 6.34. The van der Waals surface area contributed by atoms with Crippen molar-refractivity contribution >= 4 is 23.6 Å². The lowest BCUT2D eigenvalue weighted by Gasteiger charge is -2.18. The van der Waals surface area contributed by atoms with E-state index in [2.05, 4.69) is 48.2 Å². The van der Waals surface area contributed by atoms with Crippen molar-refractivity contribution in [2.75, 3.05) is 33.2 Å². The van der Waals surface area contributed by atoms with Crippen LogP contribution in [0.25, 0.3) is 6.08 Å². The lowest BCUT2D eigenvalue weighted by Crippen LogP contribution is -2.33. The van der Waals surface area contributed by atoms with Crippen molar-refractivity contribution in [3.8, 4) is 0 Å². The second kappa shape index (κ2) is 8.72. The zero-order valence-electron chi connectivity index (χ0n) is 16.3. The van der Waals surface area contributed by atoms with Gasteiger partial charge in [0.25, 0.3) is 0 Å². The number of likely N-dealkylation sites (N-methyl/N-ethyl adjacent to an activating group) is 1. The van der Waals surface area contributed by atoms with Crippen LogP contribution >= 0.6 is 11.6 Å². The molecule has 0 unspecified atom stereocenters. The van der Waals surface area contributed by atoms with Crippen LogP contribution in [0.4, 0.5) is 0 Å². The molecule has 1 fully saturated rings. The molecule has 1 aliphatic heterocycles. The first-order valence-electron chi connectivity index (χ1n) is 9.38. The first-order valence-corrected chi connectivity index (χ1v) is 9.76. The number of carbonyl (C=O) groups excluding carboxylic acids is 1. The molecule has 1 aromatic carbocycles. The van der Waals surface area contributed by atoms with E-state index in [0.717, 1.165) is 49.4 Å². The van der Waals surface area contributed by atoms with Crippen molar-refractivity contribution < 1.29 is 4.79 Å². The number of benzene rings is 1. The van der Waals surface area contributed by atoms with E-state index in [1.807, 2.05) is 11.8 Å². The molecule has 0 radical (unpaired) electrons. The summed E-state index contributed by atoms with van der Waals surface area (Å²) in [5, 5.41) is 5.11. The van der Waals surface area contributed by atoms with E-state index in [-0.39, 0.29) is 5.91 Å². The Morgan fingerprint density at radius 3 is 2.63 bits per heavy atom. The second-order valence-electron chi connectivity index (χ2n) is 7.25. The van der Waals surface area contributed by atoms with E-state index in [4.69, 9.17) is 11.6 Å². The predicted molar refractivity (Wildman–Crippen MR) is 110 cm³/mol. The largest absolute Gasteiger partial charge is 0.338 e. The number of carbonyl (C=O) groups is 1. The minimum absolute atomic E-state index is 0.0343. The summed E-state index contributed by atoms with van der Waals surface area (Å²) in [5.74, 6) is 0.0343. The van der Waals surface area contributed by atoms with Crippen molar-refractivity contribution in [1.29, 1.82) is 0 Å². The minimum Gasteiger partial charge on any atom is -0.338 e. The topological polar surface area (TPSA) is 41.4 Å². The number of nitrogens with zero attached hydrogens (tertiary/aromatic N) is 4. The van der Waals surface area contributed by atoms with Crippen molar-refractivity contribution in [3.05, 3.63) is 57.9 Å². The van der Waals surface area contributed by atoms with E-state index < -0.39 is 0 Å². The summed E-state index contributed by atoms with van der Waals surface area (Å²) >= 11 is 6.54. The highest BCUT2D eigenvalue weighted by molar-refractivity contribution is 6.31. The summed E-state index contributed by atoms with van der Waals surface area (Å²) < 4.78 is 1.78. The second-order valence-corrected chi connectivity index (χ2v) is 7.61. The fourth-order valence-corrected chi connectivity index (χ4v) is 3.55. The van der Waals surface area contributed by atoms with Gasteiger partial charge in [-0.2, -0.15) is 5.10 Å². The van der Waals surface area contributed by atoms with E-state index >= 15 is 0 Å². The fourth-order valence-electron chi connectivity index (χ4n) is 3.25. The monoisotopic (exact) mass is 386 g/mol. The Hall–Kier alpha value is -2.11. The molecule has 144 valence electrons. The molecule has 27 heavy (non-hydrogen) atoms. The van der Waals surface area contributed by atoms with Crippen LogP contribution in [0, 0.1) is 13.8 Å². The highest BCUT2D eigenvalue weighted by atomic mass is 35.5. The first kappa shape index (κ1) is 19.6. The molecule has 6 heteroatoms. The van der Waals surface area contributed by atoms with E-state index in [9.17, 15) is 4.79 Å². The number of halogens is 1. The van der Waals surface area contributed by atoms with Crippen LogP contribution in [-0.2, 0) is 11.3 Å².